The Morgan fingerprint density at radius 3 is 2.05 bits per heavy atom. The number of benzene rings is 1. The topological polar surface area (TPSA) is 281 Å². The zero-order valence-corrected chi connectivity index (χ0v) is 23.0. The zero-order chi connectivity index (χ0) is 30.9. The molecule has 41 heavy (non-hydrogen) atoms. The van der Waals surface area contributed by atoms with Crippen molar-refractivity contribution in [1.82, 2.24) is 21.3 Å². The number of nitrogens with one attached hydrogen (secondary N) is 4. The summed E-state index contributed by atoms with van der Waals surface area (Å²) in [5.74, 6) is -6.53. The number of carbonyl (C=O) groups is 6. The Kier molecular flexibility index (Phi) is 15.3. The summed E-state index contributed by atoms with van der Waals surface area (Å²) in [7, 11) is 0. The minimum absolute atomic E-state index is 0.0673. The van der Waals surface area contributed by atoms with E-state index in [0.29, 0.717) is 12.0 Å². The van der Waals surface area contributed by atoms with Gasteiger partial charge in [-0.3, -0.25) is 29.0 Å². The molecule has 0 spiro atoms. The monoisotopic (exact) mass is 596 g/mol. The van der Waals surface area contributed by atoms with Crippen molar-refractivity contribution in [3.8, 4) is 0 Å². The van der Waals surface area contributed by atoms with E-state index in [-0.39, 0.29) is 31.1 Å². The van der Waals surface area contributed by atoms with Crippen LogP contribution in [0.25, 0.3) is 0 Å². The van der Waals surface area contributed by atoms with Crippen molar-refractivity contribution >= 4 is 54.2 Å². The van der Waals surface area contributed by atoms with Crippen LogP contribution in [0.3, 0.4) is 0 Å². The molecule has 16 nitrogen and oxygen atoms in total. The number of aliphatic imine (C=N–C) groups is 1. The summed E-state index contributed by atoms with van der Waals surface area (Å²) in [6.07, 6.45) is -0.292. The predicted molar refractivity (Wildman–Crippen MR) is 151 cm³/mol. The van der Waals surface area contributed by atoms with Crippen LogP contribution in [0.5, 0.6) is 0 Å². The number of thiol groups is 1. The van der Waals surface area contributed by atoms with Gasteiger partial charge >= 0.3 is 11.9 Å². The smallest absolute Gasteiger partial charge is 0.327 e. The molecule has 226 valence electrons. The first-order valence-electron chi connectivity index (χ1n) is 12.4. The second-order valence-electron chi connectivity index (χ2n) is 8.82. The SMILES string of the molecule is NC(N)=NCCCC(N)C(=O)NCC(=O)NC(CC(=O)O)C(=O)NC(Cc1ccccc1)C(=O)NC(CS)C(=O)O. The Labute approximate surface area is 241 Å². The molecule has 0 saturated heterocycles. The number of hydrogen-bond donors (Lipinski definition) is 10. The summed E-state index contributed by atoms with van der Waals surface area (Å²) in [5, 5.41) is 27.7. The molecule has 0 aliphatic heterocycles. The van der Waals surface area contributed by atoms with Crippen LogP contribution in [0.1, 0.15) is 24.8 Å². The van der Waals surface area contributed by atoms with E-state index in [2.05, 4.69) is 38.9 Å². The molecule has 0 radical (unpaired) electrons. The largest absolute Gasteiger partial charge is 0.481 e. The molecule has 0 heterocycles. The molecule has 4 amide bonds. The molecule has 0 fully saturated rings. The number of carboxylic acid groups (broad SMARTS) is 2. The van der Waals surface area contributed by atoms with Crippen molar-refractivity contribution in [2.45, 2.75) is 49.9 Å². The first-order chi connectivity index (χ1) is 19.3. The van der Waals surface area contributed by atoms with E-state index < -0.39 is 72.7 Å². The van der Waals surface area contributed by atoms with Crippen molar-refractivity contribution in [1.29, 1.82) is 0 Å². The molecule has 0 saturated carbocycles. The van der Waals surface area contributed by atoms with Gasteiger partial charge in [-0.05, 0) is 18.4 Å². The van der Waals surface area contributed by atoms with Gasteiger partial charge in [0.1, 0.15) is 18.1 Å². The van der Waals surface area contributed by atoms with Crippen molar-refractivity contribution < 1.29 is 39.0 Å². The number of guanidine groups is 1. The number of aliphatic carboxylic acids is 2. The maximum atomic E-state index is 13.0. The third kappa shape index (κ3) is 14.0. The third-order valence-electron chi connectivity index (χ3n) is 5.47. The highest BCUT2D eigenvalue weighted by atomic mass is 32.1. The number of carboxylic acids is 2. The maximum Gasteiger partial charge on any atom is 0.327 e. The lowest BCUT2D eigenvalue weighted by Crippen LogP contribution is -2.57. The highest BCUT2D eigenvalue weighted by Gasteiger charge is 2.30. The molecule has 4 unspecified atom stereocenters. The Morgan fingerprint density at radius 1 is 0.878 bits per heavy atom. The van der Waals surface area contributed by atoms with E-state index in [1.54, 1.807) is 30.3 Å². The lowest BCUT2D eigenvalue weighted by molar-refractivity contribution is -0.142. The summed E-state index contributed by atoms with van der Waals surface area (Å²) >= 11 is 3.90. The standard InChI is InChI=1S/C24H36N8O8S/c25-14(7-4-8-28-24(26)27)20(36)29-11-18(33)30-16(10-19(34)35)22(38)31-15(9-13-5-2-1-3-6-13)21(37)32-17(12-41)23(39)40/h1-3,5-6,14-17,41H,4,7-12,25H2,(H,29,36)(H,30,33)(H,31,38)(H,32,37)(H,34,35)(H,39,40)(H4,26,27,28). The molecule has 17 heteroatoms. The van der Waals surface area contributed by atoms with Crippen LogP contribution >= 0.6 is 12.6 Å². The molecule has 0 aliphatic carbocycles. The fraction of sp³-hybridized carbons (Fsp3) is 0.458. The predicted octanol–water partition coefficient (Wildman–Crippen LogP) is -3.33. The molecule has 12 N–H and O–H groups in total. The maximum absolute atomic E-state index is 13.0. The second kappa shape index (κ2) is 18.1. The highest BCUT2D eigenvalue weighted by molar-refractivity contribution is 7.80. The molecular weight excluding hydrogens is 560 g/mol. The van der Waals surface area contributed by atoms with Gasteiger partial charge in [0.25, 0.3) is 0 Å². The lowest BCUT2D eigenvalue weighted by atomic mass is 10.0. The van der Waals surface area contributed by atoms with E-state index in [0.717, 1.165) is 0 Å². The van der Waals surface area contributed by atoms with E-state index >= 15 is 0 Å². The Morgan fingerprint density at radius 2 is 1.49 bits per heavy atom. The van der Waals surface area contributed by atoms with Gasteiger partial charge in [-0.25, -0.2) is 4.79 Å². The molecule has 1 rings (SSSR count). The van der Waals surface area contributed by atoms with Gasteiger partial charge in [-0.15, -0.1) is 0 Å². The van der Waals surface area contributed by atoms with Crippen LogP contribution in [0, 0.1) is 0 Å². The van der Waals surface area contributed by atoms with Gasteiger partial charge in [0, 0.05) is 18.7 Å². The normalized spacial score (nSPS) is 13.4. The average Bonchev–Trinajstić information content (AvgIpc) is 2.91. The van der Waals surface area contributed by atoms with E-state index in [4.69, 9.17) is 17.2 Å². The fourth-order valence-corrected chi connectivity index (χ4v) is 3.61. The van der Waals surface area contributed by atoms with Gasteiger partial charge in [0.05, 0.1) is 19.0 Å². The van der Waals surface area contributed by atoms with Crippen molar-refractivity contribution in [3.63, 3.8) is 0 Å². The summed E-state index contributed by atoms with van der Waals surface area (Å²) in [6, 6.07) is 3.18. The number of nitrogens with two attached hydrogens (primary N) is 3. The number of carbonyl (C=O) groups excluding carboxylic acids is 4. The van der Waals surface area contributed by atoms with Crippen LogP contribution in [0.2, 0.25) is 0 Å². The highest BCUT2D eigenvalue weighted by Crippen LogP contribution is 2.06. The quantitative estimate of drug-likeness (QED) is 0.0346. The summed E-state index contributed by atoms with van der Waals surface area (Å²) < 4.78 is 0. The van der Waals surface area contributed by atoms with Crippen LogP contribution < -0.4 is 38.5 Å². The number of hydrogen-bond acceptors (Lipinski definition) is 9. The van der Waals surface area contributed by atoms with Crippen LogP contribution in [0.15, 0.2) is 35.3 Å². The van der Waals surface area contributed by atoms with Gasteiger partial charge < -0.3 is 48.7 Å². The number of rotatable bonds is 18. The van der Waals surface area contributed by atoms with E-state index in [1.807, 2.05) is 0 Å². The molecular formula is C24H36N8O8S. The summed E-state index contributed by atoms with van der Waals surface area (Å²) in [5.41, 5.74) is 16.8. The molecule has 0 bridgehead atoms. The summed E-state index contributed by atoms with van der Waals surface area (Å²) in [4.78, 5) is 77.0. The summed E-state index contributed by atoms with van der Waals surface area (Å²) in [6.45, 7) is -0.356. The number of amides is 4. The second-order valence-corrected chi connectivity index (χ2v) is 9.19. The van der Waals surface area contributed by atoms with Crippen molar-refractivity contribution in [3.05, 3.63) is 35.9 Å². The number of nitrogens with zero attached hydrogens (tertiary/aromatic N) is 1. The molecule has 4 atom stereocenters. The van der Waals surface area contributed by atoms with Crippen LogP contribution in [0.4, 0.5) is 0 Å². The van der Waals surface area contributed by atoms with Gasteiger partial charge in [0.15, 0.2) is 5.96 Å². The molecule has 0 aromatic heterocycles. The van der Waals surface area contributed by atoms with Crippen LogP contribution in [-0.4, -0.2) is 94.7 Å². The van der Waals surface area contributed by atoms with Gasteiger partial charge in [-0.1, -0.05) is 30.3 Å². The molecule has 1 aromatic carbocycles. The first kappa shape index (κ1) is 34.6. The molecule has 1 aromatic rings. The van der Waals surface area contributed by atoms with Crippen LogP contribution in [-0.2, 0) is 35.2 Å². The zero-order valence-electron chi connectivity index (χ0n) is 22.1. The third-order valence-corrected chi connectivity index (χ3v) is 5.84. The van der Waals surface area contributed by atoms with Crippen molar-refractivity contribution in [2.75, 3.05) is 18.8 Å². The average molecular weight is 597 g/mol. The van der Waals surface area contributed by atoms with Gasteiger partial charge in [-0.2, -0.15) is 12.6 Å². The first-order valence-corrected chi connectivity index (χ1v) is 13.0. The van der Waals surface area contributed by atoms with Gasteiger partial charge in [0.2, 0.25) is 23.6 Å². The van der Waals surface area contributed by atoms with E-state index in [9.17, 15) is 39.0 Å². The Balaban J connectivity index is 2.88. The van der Waals surface area contributed by atoms with E-state index in [1.165, 1.54) is 0 Å². The minimum Gasteiger partial charge on any atom is -0.481 e. The Bertz CT molecular complexity index is 1100. The lowest BCUT2D eigenvalue weighted by Gasteiger charge is -2.24. The molecule has 0 aliphatic rings. The minimum atomic E-state index is -1.63. The fourth-order valence-electron chi connectivity index (χ4n) is 3.37. The van der Waals surface area contributed by atoms with Crippen molar-refractivity contribution in [2.24, 2.45) is 22.2 Å². The Hall–Kier alpha value is -4.38.